The van der Waals surface area contributed by atoms with Gasteiger partial charge in [0.1, 0.15) is 19.3 Å². The first-order valence-electron chi connectivity index (χ1n) is 41.5. The van der Waals surface area contributed by atoms with Crippen molar-refractivity contribution < 1.29 is 80.2 Å². The minimum absolute atomic E-state index is 0.105. The minimum atomic E-state index is -4.96. The third kappa shape index (κ3) is 74.1. The molecule has 0 amide bonds. The molecular weight excluding hydrogens is 1290 g/mol. The van der Waals surface area contributed by atoms with Gasteiger partial charge in [0, 0.05) is 25.7 Å². The van der Waals surface area contributed by atoms with Gasteiger partial charge in [0.2, 0.25) is 0 Å². The van der Waals surface area contributed by atoms with Crippen molar-refractivity contribution in [2.24, 2.45) is 11.8 Å². The summed E-state index contributed by atoms with van der Waals surface area (Å²) in [6.07, 6.45) is 61.4. The molecule has 19 heteroatoms. The SMILES string of the molecule is CCCCCCCCCCCCCCCCCCCCCCCCC(=O)O[C@H](COC(=O)CCCCCCCCCCCCCCCCCC(C)C)COP(=O)(O)OC[C@@H](O)COP(=O)(O)OC[C@@H](COC(=O)CCCCCCCCC)OC(=O)CCCCCCCCCCCC(C)C. The fourth-order valence-electron chi connectivity index (χ4n) is 12.4. The molecule has 3 N–H and O–H groups in total. The summed E-state index contributed by atoms with van der Waals surface area (Å²) in [4.78, 5) is 72.8. The Morgan fingerprint density at radius 1 is 0.273 bits per heavy atom. The molecule has 0 aliphatic rings. The Labute approximate surface area is 607 Å². The molecule has 0 spiro atoms. The number of esters is 4. The first-order valence-corrected chi connectivity index (χ1v) is 44.5. The van der Waals surface area contributed by atoms with Gasteiger partial charge in [-0.1, -0.05) is 369 Å². The molecule has 0 saturated heterocycles. The second-order valence-corrected chi connectivity index (χ2v) is 32.7. The van der Waals surface area contributed by atoms with Gasteiger partial charge in [-0.2, -0.15) is 0 Å². The summed E-state index contributed by atoms with van der Waals surface area (Å²) >= 11 is 0. The Kier molecular flexibility index (Phi) is 70.3. The van der Waals surface area contributed by atoms with Crippen LogP contribution in [0.25, 0.3) is 0 Å². The molecule has 5 atom stereocenters. The summed E-state index contributed by atoms with van der Waals surface area (Å²) < 4.78 is 68.5. The topological polar surface area (TPSA) is 237 Å². The van der Waals surface area contributed by atoms with Gasteiger partial charge in [-0.15, -0.1) is 0 Å². The van der Waals surface area contributed by atoms with Crippen LogP contribution in [0.3, 0.4) is 0 Å². The number of ether oxygens (including phenoxy) is 4. The first kappa shape index (κ1) is 97.1. The average Bonchev–Trinajstić information content (AvgIpc) is 1.12. The molecule has 0 heterocycles. The van der Waals surface area contributed by atoms with E-state index in [4.69, 9.17) is 37.0 Å². The second-order valence-electron chi connectivity index (χ2n) is 29.8. The Morgan fingerprint density at radius 2 is 0.465 bits per heavy atom. The number of aliphatic hydroxyl groups excluding tert-OH is 1. The van der Waals surface area contributed by atoms with Crippen LogP contribution in [0.5, 0.6) is 0 Å². The lowest BCUT2D eigenvalue weighted by atomic mass is 10.0. The van der Waals surface area contributed by atoms with Crippen LogP contribution < -0.4 is 0 Å². The zero-order chi connectivity index (χ0) is 72.8. The molecule has 0 aromatic heterocycles. The number of hydrogen-bond donors (Lipinski definition) is 3. The first-order chi connectivity index (χ1) is 47.9. The molecule has 0 aromatic carbocycles. The van der Waals surface area contributed by atoms with E-state index < -0.39 is 97.5 Å². The molecule has 0 fully saturated rings. The number of phosphoric acid groups is 2. The summed E-state index contributed by atoms with van der Waals surface area (Å²) in [5, 5.41) is 10.6. The average molecular weight is 1450 g/mol. The van der Waals surface area contributed by atoms with Gasteiger partial charge >= 0.3 is 39.5 Å². The summed E-state index contributed by atoms with van der Waals surface area (Å²) in [6, 6.07) is 0. The van der Waals surface area contributed by atoms with E-state index in [0.29, 0.717) is 25.7 Å². The number of hydrogen-bond acceptors (Lipinski definition) is 15. The number of aliphatic hydroxyl groups is 1. The third-order valence-corrected chi connectivity index (χ3v) is 20.6. The molecular formula is C80H156O17P2. The Morgan fingerprint density at radius 3 is 0.687 bits per heavy atom. The van der Waals surface area contributed by atoms with Gasteiger partial charge in [0.15, 0.2) is 12.2 Å². The number of carbonyl (C=O) groups excluding carboxylic acids is 4. The highest BCUT2D eigenvalue weighted by Crippen LogP contribution is 2.45. The van der Waals surface area contributed by atoms with E-state index >= 15 is 0 Å². The Hall–Kier alpha value is -1.94. The van der Waals surface area contributed by atoms with Crippen molar-refractivity contribution in [3.8, 4) is 0 Å². The Balaban J connectivity index is 5.15. The molecule has 0 aliphatic carbocycles. The lowest BCUT2D eigenvalue weighted by Crippen LogP contribution is -2.30. The van der Waals surface area contributed by atoms with Crippen molar-refractivity contribution in [3.63, 3.8) is 0 Å². The van der Waals surface area contributed by atoms with Crippen LogP contribution >= 0.6 is 15.6 Å². The monoisotopic (exact) mass is 1450 g/mol. The van der Waals surface area contributed by atoms with Crippen molar-refractivity contribution >= 4 is 39.5 Å². The number of unbranched alkanes of at least 4 members (excludes halogenated alkanes) is 49. The normalized spacial score (nSPS) is 13.9. The highest BCUT2D eigenvalue weighted by Gasteiger charge is 2.30. The lowest BCUT2D eigenvalue weighted by Gasteiger charge is -2.21. The molecule has 17 nitrogen and oxygen atoms in total. The summed E-state index contributed by atoms with van der Waals surface area (Å²) in [7, 11) is -9.91. The maximum atomic E-state index is 13.1. The van der Waals surface area contributed by atoms with Gasteiger partial charge in [-0.05, 0) is 37.5 Å². The third-order valence-electron chi connectivity index (χ3n) is 18.7. The molecule has 0 bridgehead atoms. The zero-order valence-electron chi connectivity index (χ0n) is 64.8. The van der Waals surface area contributed by atoms with Gasteiger partial charge in [-0.3, -0.25) is 37.3 Å². The zero-order valence-corrected chi connectivity index (χ0v) is 66.6. The molecule has 0 saturated carbocycles. The van der Waals surface area contributed by atoms with Gasteiger partial charge < -0.3 is 33.8 Å². The molecule has 0 radical (unpaired) electrons. The van der Waals surface area contributed by atoms with Gasteiger partial charge in [-0.25, -0.2) is 9.13 Å². The maximum absolute atomic E-state index is 13.1. The maximum Gasteiger partial charge on any atom is 0.472 e. The predicted molar refractivity (Wildman–Crippen MR) is 405 cm³/mol. The van der Waals surface area contributed by atoms with E-state index in [0.717, 1.165) is 115 Å². The molecule has 99 heavy (non-hydrogen) atoms. The van der Waals surface area contributed by atoms with E-state index in [1.165, 1.54) is 225 Å². The predicted octanol–water partition coefficient (Wildman–Crippen LogP) is 23.9. The molecule has 0 rings (SSSR count). The second kappa shape index (κ2) is 71.7. The highest BCUT2D eigenvalue weighted by atomic mass is 31.2. The van der Waals surface area contributed by atoms with E-state index in [1.54, 1.807) is 0 Å². The smallest absolute Gasteiger partial charge is 0.462 e. The fraction of sp³-hybridized carbons (Fsp3) is 0.950. The number of phosphoric ester groups is 2. The van der Waals surface area contributed by atoms with Crippen molar-refractivity contribution in [1.29, 1.82) is 0 Å². The van der Waals surface area contributed by atoms with Crippen molar-refractivity contribution in [2.75, 3.05) is 39.6 Å². The summed E-state index contributed by atoms with van der Waals surface area (Å²) in [5.41, 5.74) is 0. The van der Waals surface area contributed by atoms with Crippen LogP contribution in [0, 0.1) is 11.8 Å². The standard InChI is InChI=1S/C80H156O17P2/c1-7-9-11-13-15-16-17-18-19-20-21-22-23-24-25-28-32-35-40-46-52-58-64-79(84)97-76(69-91-78(83)63-57-51-45-39-34-31-29-26-27-30-33-37-43-48-54-60-72(3)4)71-95-99(88,89)93-67-74(81)66-92-98(86,87)94-70-75(68-90-77(82)62-56-50-42-14-12-10-8-2)96-80(85)65-59-53-47-41-36-38-44-49-55-61-73(5)6/h72-76,81H,7-71H2,1-6H3,(H,86,87)(H,88,89)/t74-,75+,76+/m0/s1. The minimum Gasteiger partial charge on any atom is -0.462 e. The number of rotatable bonds is 79. The van der Waals surface area contributed by atoms with Crippen molar-refractivity contribution in [2.45, 2.75) is 439 Å². The van der Waals surface area contributed by atoms with Gasteiger partial charge in [0.25, 0.3) is 0 Å². The van der Waals surface area contributed by atoms with E-state index in [1.807, 2.05) is 0 Å². The van der Waals surface area contributed by atoms with Crippen LogP contribution in [0.2, 0.25) is 0 Å². The lowest BCUT2D eigenvalue weighted by molar-refractivity contribution is -0.161. The van der Waals surface area contributed by atoms with Crippen LogP contribution in [-0.2, 0) is 65.4 Å². The van der Waals surface area contributed by atoms with Crippen LogP contribution in [0.4, 0.5) is 0 Å². The van der Waals surface area contributed by atoms with E-state index in [-0.39, 0.29) is 25.7 Å². The van der Waals surface area contributed by atoms with Gasteiger partial charge in [0.05, 0.1) is 26.4 Å². The van der Waals surface area contributed by atoms with Crippen LogP contribution in [0.1, 0.15) is 420 Å². The largest absolute Gasteiger partial charge is 0.472 e. The molecule has 2 unspecified atom stereocenters. The van der Waals surface area contributed by atoms with E-state index in [9.17, 15) is 43.2 Å². The van der Waals surface area contributed by atoms with Crippen LogP contribution in [0.15, 0.2) is 0 Å². The van der Waals surface area contributed by atoms with Crippen LogP contribution in [-0.4, -0.2) is 96.7 Å². The quantitative estimate of drug-likeness (QED) is 0.0222. The van der Waals surface area contributed by atoms with Crippen molar-refractivity contribution in [1.82, 2.24) is 0 Å². The highest BCUT2D eigenvalue weighted by molar-refractivity contribution is 7.47. The fourth-order valence-corrected chi connectivity index (χ4v) is 13.9. The molecule has 0 aromatic rings. The summed E-state index contributed by atoms with van der Waals surface area (Å²) in [6.45, 7) is 9.58. The van der Waals surface area contributed by atoms with Crippen molar-refractivity contribution in [3.05, 3.63) is 0 Å². The molecule has 0 aliphatic heterocycles. The number of carbonyl (C=O) groups is 4. The Bertz CT molecular complexity index is 1910. The summed E-state index contributed by atoms with van der Waals surface area (Å²) in [5.74, 6) is -0.574. The molecule has 588 valence electrons. The van der Waals surface area contributed by atoms with E-state index in [2.05, 4.69) is 41.5 Å².